The minimum Gasteiger partial charge on any atom is -0.485 e. The number of hydrogen-bond acceptors (Lipinski definition) is 3. The molecule has 0 aliphatic heterocycles. The van der Waals surface area contributed by atoms with Crippen LogP contribution in [-0.4, -0.2) is 23.9 Å². The van der Waals surface area contributed by atoms with E-state index in [0.717, 1.165) is 16.5 Å². The van der Waals surface area contributed by atoms with Crippen LogP contribution in [0.1, 0.15) is 30.2 Å². The molecule has 0 bridgehead atoms. The lowest BCUT2D eigenvalue weighted by Gasteiger charge is -2.16. The number of nitrogens with zero attached hydrogens (tertiary/aromatic N) is 1. The molecule has 124 valence electrons. The molecule has 4 heteroatoms. The zero-order valence-electron chi connectivity index (χ0n) is 14.0. The molecule has 0 aliphatic carbocycles. The summed E-state index contributed by atoms with van der Waals surface area (Å²) < 4.78 is 11.5. The predicted molar refractivity (Wildman–Crippen MR) is 94.2 cm³/mol. The Morgan fingerprint density at radius 3 is 2.54 bits per heavy atom. The van der Waals surface area contributed by atoms with E-state index in [-0.39, 0.29) is 5.91 Å². The average molecular weight is 323 g/mol. The van der Waals surface area contributed by atoms with Crippen molar-refractivity contribution in [3.05, 3.63) is 66.1 Å². The zero-order valence-corrected chi connectivity index (χ0v) is 14.0. The number of benzene rings is 2. The van der Waals surface area contributed by atoms with E-state index < -0.39 is 0 Å². The van der Waals surface area contributed by atoms with Crippen LogP contribution in [0.2, 0.25) is 0 Å². The Bertz CT molecular complexity index is 828. The second-order valence-corrected chi connectivity index (χ2v) is 5.51. The number of furan rings is 1. The molecule has 0 atom stereocenters. The lowest BCUT2D eigenvalue weighted by molar-refractivity contribution is 0.0737. The van der Waals surface area contributed by atoms with Crippen LogP contribution in [0.15, 0.2) is 59.0 Å². The molecule has 2 aromatic carbocycles. The topological polar surface area (TPSA) is 42.7 Å². The lowest BCUT2D eigenvalue weighted by atomic mass is 10.1. The summed E-state index contributed by atoms with van der Waals surface area (Å²) >= 11 is 0. The van der Waals surface area contributed by atoms with Gasteiger partial charge < -0.3 is 14.1 Å². The van der Waals surface area contributed by atoms with Gasteiger partial charge in [0.25, 0.3) is 5.91 Å². The fraction of sp³-hybridized carbons (Fsp3) is 0.250. The Morgan fingerprint density at radius 2 is 1.75 bits per heavy atom. The number of ether oxygens (including phenoxy) is 1. The maximum absolute atomic E-state index is 12.3. The lowest BCUT2D eigenvalue weighted by Crippen LogP contribution is -2.30. The first-order valence-corrected chi connectivity index (χ1v) is 8.21. The van der Waals surface area contributed by atoms with Gasteiger partial charge in [0.1, 0.15) is 18.1 Å². The third kappa shape index (κ3) is 3.27. The van der Waals surface area contributed by atoms with Crippen molar-refractivity contribution in [1.82, 2.24) is 4.90 Å². The standard InChI is InChI=1S/C20H21NO3/c1-3-21(4-2)20(22)19-13-12-16(24-19)14-23-18-11-7-9-15-8-5-6-10-17(15)18/h5-13H,3-4,14H2,1-2H3. The molecule has 4 nitrogen and oxygen atoms in total. The van der Waals surface area contributed by atoms with E-state index in [1.807, 2.05) is 44.2 Å². The first-order valence-electron chi connectivity index (χ1n) is 8.21. The van der Waals surface area contributed by atoms with Crippen LogP contribution in [0, 0.1) is 0 Å². The number of carbonyl (C=O) groups excluding carboxylic acids is 1. The van der Waals surface area contributed by atoms with Gasteiger partial charge in [-0.25, -0.2) is 0 Å². The molecule has 1 aromatic heterocycles. The number of rotatable bonds is 6. The molecule has 0 saturated heterocycles. The maximum atomic E-state index is 12.3. The van der Waals surface area contributed by atoms with Crippen molar-refractivity contribution in [3.8, 4) is 5.75 Å². The minimum atomic E-state index is -0.0867. The fourth-order valence-corrected chi connectivity index (χ4v) is 2.71. The van der Waals surface area contributed by atoms with E-state index in [2.05, 4.69) is 12.1 Å². The van der Waals surface area contributed by atoms with Gasteiger partial charge in [0, 0.05) is 18.5 Å². The van der Waals surface area contributed by atoms with Crippen LogP contribution in [-0.2, 0) is 6.61 Å². The molecule has 0 fully saturated rings. The van der Waals surface area contributed by atoms with E-state index in [4.69, 9.17) is 9.15 Å². The number of amides is 1. The molecular weight excluding hydrogens is 302 g/mol. The summed E-state index contributed by atoms with van der Waals surface area (Å²) in [6.45, 7) is 5.53. The highest BCUT2D eigenvalue weighted by molar-refractivity contribution is 5.91. The summed E-state index contributed by atoms with van der Waals surface area (Å²) in [7, 11) is 0. The van der Waals surface area contributed by atoms with Gasteiger partial charge in [-0.05, 0) is 37.4 Å². The summed E-state index contributed by atoms with van der Waals surface area (Å²) in [5, 5.41) is 2.19. The second kappa shape index (κ2) is 7.21. The van der Waals surface area contributed by atoms with Crippen molar-refractivity contribution in [2.75, 3.05) is 13.1 Å². The zero-order chi connectivity index (χ0) is 16.9. The molecule has 3 aromatic rings. The Hall–Kier alpha value is -2.75. The summed E-state index contributed by atoms with van der Waals surface area (Å²) in [6.07, 6.45) is 0. The van der Waals surface area contributed by atoms with Crippen molar-refractivity contribution in [3.63, 3.8) is 0 Å². The largest absolute Gasteiger partial charge is 0.485 e. The number of fused-ring (bicyclic) bond motifs is 1. The summed E-state index contributed by atoms with van der Waals surface area (Å²) in [4.78, 5) is 14.0. The fourth-order valence-electron chi connectivity index (χ4n) is 2.71. The maximum Gasteiger partial charge on any atom is 0.289 e. The Morgan fingerprint density at radius 1 is 1.00 bits per heavy atom. The van der Waals surface area contributed by atoms with Gasteiger partial charge in [0.2, 0.25) is 0 Å². The minimum absolute atomic E-state index is 0.0867. The molecule has 0 saturated carbocycles. The van der Waals surface area contributed by atoms with Gasteiger partial charge >= 0.3 is 0 Å². The van der Waals surface area contributed by atoms with Crippen molar-refractivity contribution in [1.29, 1.82) is 0 Å². The van der Waals surface area contributed by atoms with Gasteiger partial charge in [0.15, 0.2) is 5.76 Å². The first-order chi connectivity index (χ1) is 11.7. The van der Waals surface area contributed by atoms with Crippen LogP contribution in [0.25, 0.3) is 10.8 Å². The summed E-state index contributed by atoms with van der Waals surface area (Å²) in [5.74, 6) is 1.71. The van der Waals surface area contributed by atoms with Crippen molar-refractivity contribution >= 4 is 16.7 Å². The molecule has 0 spiro atoms. The third-order valence-corrected chi connectivity index (χ3v) is 4.04. The molecule has 1 amide bonds. The average Bonchev–Trinajstić information content (AvgIpc) is 3.10. The van der Waals surface area contributed by atoms with Crippen LogP contribution >= 0.6 is 0 Å². The molecule has 1 heterocycles. The van der Waals surface area contributed by atoms with Gasteiger partial charge in [0.05, 0.1) is 0 Å². The SMILES string of the molecule is CCN(CC)C(=O)c1ccc(COc2cccc3ccccc23)o1. The Kier molecular flexibility index (Phi) is 4.85. The van der Waals surface area contributed by atoms with Crippen LogP contribution < -0.4 is 4.74 Å². The quantitative estimate of drug-likeness (QED) is 0.671. The molecule has 0 unspecified atom stereocenters. The molecule has 24 heavy (non-hydrogen) atoms. The normalized spacial score (nSPS) is 10.8. The van der Waals surface area contributed by atoms with E-state index >= 15 is 0 Å². The molecule has 0 N–H and O–H groups in total. The highest BCUT2D eigenvalue weighted by atomic mass is 16.5. The van der Waals surface area contributed by atoms with Crippen molar-refractivity contribution < 1.29 is 13.9 Å². The summed E-state index contributed by atoms with van der Waals surface area (Å²) in [6, 6.07) is 17.5. The highest BCUT2D eigenvalue weighted by Crippen LogP contribution is 2.26. The van der Waals surface area contributed by atoms with Crippen LogP contribution in [0.5, 0.6) is 5.75 Å². The van der Waals surface area contributed by atoms with E-state index in [1.165, 1.54) is 0 Å². The third-order valence-electron chi connectivity index (χ3n) is 4.04. The Balaban J connectivity index is 1.72. The number of carbonyl (C=O) groups is 1. The van der Waals surface area contributed by atoms with Crippen molar-refractivity contribution in [2.24, 2.45) is 0 Å². The predicted octanol–water partition coefficient (Wildman–Crippen LogP) is 4.49. The van der Waals surface area contributed by atoms with Gasteiger partial charge in [-0.15, -0.1) is 0 Å². The molecule has 0 radical (unpaired) electrons. The van der Waals surface area contributed by atoms with E-state index in [1.54, 1.807) is 17.0 Å². The number of hydrogen-bond donors (Lipinski definition) is 0. The first kappa shape index (κ1) is 16.1. The second-order valence-electron chi connectivity index (χ2n) is 5.51. The van der Waals surface area contributed by atoms with Crippen molar-refractivity contribution in [2.45, 2.75) is 20.5 Å². The van der Waals surface area contributed by atoms with E-state index in [9.17, 15) is 4.79 Å². The van der Waals surface area contributed by atoms with Gasteiger partial charge in [-0.2, -0.15) is 0 Å². The van der Waals surface area contributed by atoms with Crippen LogP contribution in [0.3, 0.4) is 0 Å². The van der Waals surface area contributed by atoms with Crippen LogP contribution in [0.4, 0.5) is 0 Å². The van der Waals surface area contributed by atoms with Gasteiger partial charge in [-0.3, -0.25) is 4.79 Å². The monoisotopic (exact) mass is 323 g/mol. The highest BCUT2D eigenvalue weighted by Gasteiger charge is 2.16. The van der Waals surface area contributed by atoms with E-state index in [0.29, 0.717) is 31.2 Å². The van der Waals surface area contributed by atoms with Gasteiger partial charge in [-0.1, -0.05) is 36.4 Å². The summed E-state index contributed by atoms with van der Waals surface area (Å²) in [5.41, 5.74) is 0. The molecular formula is C20H21NO3. The molecule has 0 aliphatic rings. The smallest absolute Gasteiger partial charge is 0.289 e. The Labute approximate surface area is 141 Å². The molecule has 3 rings (SSSR count).